The molecule has 0 radical (unpaired) electrons. The Balaban J connectivity index is 1.81. The highest BCUT2D eigenvalue weighted by Crippen LogP contribution is 2.31. The van der Waals surface area contributed by atoms with Crippen LogP contribution >= 0.6 is 0 Å². The van der Waals surface area contributed by atoms with Crippen molar-refractivity contribution in [2.45, 2.75) is 44.4 Å². The van der Waals surface area contributed by atoms with Gasteiger partial charge in [-0.15, -0.1) is 0 Å². The zero-order valence-corrected chi connectivity index (χ0v) is 19.1. The highest BCUT2D eigenvalue weighted by atomic mass is 32.2. The normalized spacial score (nSPS) is 17.5. The zero-order chi connectivity index (χ0) is 22.4. The number of sulfonamides is 1. The minimum absolute atomic E-state index is 0.107. The predicted octanol–water partition coefficient (Wildman–Crippen LogP) is 2.49. The van der Waals surface area contributed by atoms with Gasteiger partial charge in [-0.3, -0.25) is 4.79 Å². The molecule has 0 spiro atoms. The summed E-state index contributed by atoms with van der Waals surface area (Å²) >= 11 is 0. The molecule has 2 aliphatic heterocycles. The van der Waals surface area contributed by atoms with Crippen molar-refractivity contribution in [1.29, 1.82) is 0 Å². The number of ether oxygens (including phenoxy) is 1. The fraction of sp³-hybridized carbons (Fsp3) is 0.619. The molecule has 0 saturated carbocycles. The Morgan fingerprint density at radius 1 is 1.13 bits per heavy atom. The molecule has 0 aliphatic carbocycles. The van der Waals surface area contributed by atoms with Crippen LogP contribution in [0.25, 0.3) is 0 Å². The highest BCUT2D eigenvalue weighted by Gasteiger charge is 2.27. The van der Waals surface area contributed by atoms with E-state index in [1.54, 1.807) is 18.2 Å². The smallest absolute Gasteiger partial charge is 0.409 e. The average Bonchev–Trinajstić information content (AvgIpc) is 3.19. The van der Waals surface area contributed by atoms with Gasteiger partial charge in [0.25, 0.3) is 0 Å². The first kappa shape index (κ1) is 23.3. The van der Waals surface area contributed by atoms with E-state index in [9.17, 15) is 18.0 Å². The van der Waals surface area contributed by atoms with E-state index in [4.69, 9.17) is 4.74 Å². The Kier molecular flexibility index (Phi) is 7.77. The summed E-state index contributed by atoms with van der Waals surface area (Å²) in [7, 11) is -3.61. The molecule has 0 unspecified atom stereocenters. The topological polar surface area (TPSA) is 99.3 Å². The summed E-state index contributed by atoms with van der Waals surface area (Å²) in [5, 5.41) is 2.87. The molecule has 31 heavy (non-hydrogen) atoms. The van der Waals surface area contributed by atoms with Gasteiger partial charge >= 0.3 is 6.09 Å². The number of nitrogens with zero attached hydrogens (tertiary/aromatic N) is 3. The molecule has 172 valence electrons. The molecule has 0 aromatic heterocycles. The van der Waals surface area contributed by atoms with Gasteiger partial charge in [0.1, 0.15) is 6.61 Å². The lowest BCUT2D eigenvalue weighted by Crippen LogP contribution is -2.35. The second-order valence-electron chi connectivity index (χ2n) is 7.72. The lowest BCUT2D eigenvalue weighted by molar-refractivity contribution is -0.116. The van der Waals surface area contributed by atoms with Crippen LogP contribution in [0.5, 0.6) is 0 Å². The lowest BCUT2D eigenvalue weighted by atomic mass is 10.2. The minimum atomic E-state index is -3.61. The van der Waals surface area contributed by atoms with Gasteiger partial charge in [0.2, 0.25) is 15.9 Å². The number of hydrogen-bond acceptors (Lipinski definition) is 6. The van der Waals surface area contributed by atoms with Crippen molar-refractivity contribution in [1.82, 2.24) is 9.21 Å². The second kappa shape index (κ2) is 10.3. The number of hydrogen-bond donors (Lipinski definition) is 1. The fourth-order valence-electron chi connectivity index (χ4n) is 3.95. The van der Waals surface area contributed by atoms with E-state index in [0.717, 1.165) is 38.0 Å². The van der Waals surface area contributed by atoms with E-state index >= 15 is 0 Å². The molecule has 9 nitrogen and oxygen atoms in total. The van der Waals surface area contributed by atoms with Crippen LogP contribution in [0.4, 0.5) is 16.2 Å². The number of amides is 2. The van der Waals surface area contributed by atoms with Crippen molar-refractivity contribution in [3.05, 3.63) is 18.2 Å². The maximum Gasteiger partial charge on any atom is 0.409 e. The monoisotopic (exact) mass is 452 g/mol. The Labute approximate surface area is 184 Å². The van der Waals surface area contributed by atoms with Gasteiger partial charge < -0.3 is 19.9 Å². The summed E-state index contributed by atoms with van der Waals surface area (Å²) in [6.07, 6.45) is 2.46. The molecule has 1 N–H and O–H groups in total. The van der Waals surface area contributed by atoms with Crippen LogP contribution in [-0.2, 0) is 19.6 Å². The van der Waals surface area contributed by atoms with Crippen molar-refractivity contribution in [2.24, 2.45) is 0 Å². The van der Waals surface area contributed by atoms with Gasteiger partial charge in [-0.2, -0.15) is 4.31 Å². The molecule has 0 bridgehead atoms. The van der Waals surface area contributed by atoms with E-state index < -0.39 is 16.1 Å². The number of anilines is 2. The third-order valence-corrected chi connectivity index (χ3v) is 7.65. The summed E-state index contributed by atoms with van der Waals surface area (Å²) in [4.78, 5) is 27.9. The van der Waals surface area contributed by atoms with Crippen LogP contribution in [0.15, 0.2) is 23.1 Å². The summed E-state index contributed by atoms with van der Waals surface area (Å²) in [5.74, 6) is -0.277. The molecular weight excluding hydrogens is 420 g/mol. The number of cyclic esters (lactones) is 1. The Morgan fingerprint density at radius 2 is 1.84 bits per heavy atom. The van der Waals surface area contributed by atoms with Crippen molar-refractivity contribution in [3.63, 3.8) is 0 Å². The molecule has 2 amide bonds. The third kappa shape index (κ3) is 5.48. The molecule has 1 aromatic rings. The molecule has 2 saturated heterocycles. The number of carbonyl (C=O) groups is 2. The Bertz CT molecular complexity index is 895. The molecule has 2 aliphatic rings. The van der Waals surface area contributed by atoms with Gasteiger partial charge in [-0.25, -0.2) is 13.2 Å². The first-order valence-corrected chi connectivity index (χ1v) is 12.4. The van der Waals surface area contributed by atoms with Crippen LogP contribution in [0.1, 0.15) is 39.5 Å². The number of carbonyl (C=O) groups excluding carboxylic acids is 2. The van der Waals surface area contributed by atoms with Crippen LogP contribution in [0.2, 0.25) is 0 Å². The molecule has 0 atom stereocenters. The Morgan fingerprint density at radius 3 is 2.45 bits per heavy atom. The fourth-order valence-corrected chi connectivity index (χ4v) is 5.49. The first-order chi connectivity index (χ1) is 14.9. The van der Waals surface area contributed by atoms with Crippen LogP contribution < -0.4 is 10.2 Å². The van der Waals surface area contributed by atoms with Crippen LogP contribution in [0, 0.1) is 0 Å². The molecule has 1 aromatic carbocycles. The van der Waals surface area contributed by atoms with Crippen LogP contribution in [0.3, 0.4) is 0 Å². The van der Waals surface area contributed by atoms with Gasteiger partial charge in [0.05, 0.1) is 22.8 Å². The Hall–Kier alpha value is -2.33. The quantitative estimate of drug-likeness (QED) is 0.618. The maximum atomic E-state index is 13.1. The lowest BCUT2D eigenvalue weighted by Gasteiger charge is -2.28. The van der Waals surface area contributed by atoms with Crippen molar-refractivity contribution in [3.8, 4) is 0 Å². The maximum absolute atomic E-state index is 13.1. The number of benzene rings is 1. The summed E-state index contributed by atoms with van der Waals surface area (Å²) in [5.41, 5.74) is 1.24. The van der Waals surface area contributed by atoms with Crippen molar-refractivity contribution >= 4 is 33.4 Å². The number of nitrogens with one attached hydrogen (secondary N) is 1. The van der Waals surface area contributed by atoms with Crippen LogP contribution in [-0.4, -0.2) is 75.5 Å². The highest BCUT2D eigenvalue weighted by molar-refractivity contribution is 7.89. The predicted molar refractivity (Wildman–Crippen MR) is 119 cm³/mol. The molecular formula is C21H32N4O5S. The van der Waals surface area contributed by atoms with E-state index in [0.29, 0.717) is 31.9 Å². The van der Waals surface area contributed by atoms with Crippen molar-refractivity contribution in [2.75, 3.05) is 56.1 Å². The summed E-state index contributed by atoms with van der Waals surface area (Å²) in [6.45, 7) is 7.56. The molecule has 2 heterocycles. The number of piperidine rings is 1. The summed E-state index contributed by atoms with van der Waals surface area (Å²) in [6, 6.07) is 4.93. The molecule has 2 fully saturated rings. The minimum Gasteiger partial charge on any atom is -0.448 e. The van der Waals surface area contributed by atoms with Gasteiger partial charge in [-0.05, 0) is 44.9 Å². The van der Waals surface area contributed by atoms with E-state index in [-0.39, 0.29) is 23.8 Å². The van der Waals surface area contributed by atoms with Gasteiger partial charge in [0.15, 0.2) is 0 Å². The molecule has 3 rings (SSSR count). The zero-order valence-electron chi connectivity index (χ0n) is 18.3. The first-order valence-electron chi connectivity index (χ1n) is 11.0. The molecule has 10 heteroatoms. The SMILES string of the molecule is CCN(CC)c1ccc(S(=O)(=O)N2CCCCC2)cc1NC(=O)CCN1CCOC1=O. The van der Waals surface area contributed by atoms with E-state index in [1.807, 2.05) is 13.8 Å². The van der Waals surface area contributed by atoms with Gasteiger partial charge in [-0.1, -0.05) is 6.42 Å². The average molecular weight is 453 g/mol. The van der Waals surface area contributed by atoms with Crippen molar-refractivity contribution < 1.29 is 22.7 Å². The van der Waals surface area contributed by atoms with E-state index in [2.05, 4.69) is 10.2 Å². The van der Waals surface area contributed by atoms with E-state index in [1.165, 1.54) is 9.21 Å². The second-order valence-corrected chi connectivity index (χ2v) is 9.65. The number of rotatable bonds is 9. The van der Waals surface area contributed by atoms with Gasteiger partial charge in [0, 0.05) is 39.1 Å². The largest absolute Gasteiger partial charge is 0.448 e. The third-order valence-electron chi connectivity index (χ3n) is 5.75. The summed E-state index contributed by atoms with van der Waals surface area (Å²) < 4.78 is 32.7. The standard InChI is InChI=1S/C21H32N4O5S/c1-3-23(4-2)19-9-8-17(31(28,29)25-11-6-5-7-12-25)16-18(19)22-20(26)10-13-24-14-15-30-21(24)27/h8-9,16H,3-7,10-15H2,1-2H3,(H,22,26).